The van der Waals surface area contributed by atoms with Gasteiger partial charge in [0.1, 0.15) is 0 Å². The second-order valence-corrected chi connectivity index (χ2v) is 6.57. The van der Waals surface area contributed by atoms with Crippen LogP contribution in [-0.4, -0.2) is 38.4 Å². The van der Waals surface area contributed by atoms with Crippen LogP contribution >= 0.6 is 22.9 Å². The summed E-state index contributed by atoms with van der Waals surface area (Å²) in [6, 6.07) is 3.87. The molecule has 2 rings (SSSR count). The lowest BCUT2D eigenvalue weighted by Crippen LogP contribution is -2.27. The van der Waals surface area contributed by atoms with E-state index in [1.807, 2.05) is 12.1 Å². The maximum Gasteiger partial charge on any atom is 0.222 e. The Morgan fingerprint density at radius 1 is 1.55 bits per heavy atom. The Labute approximate surface area is 128 Å². The molecule has 0 saturated carbocycles. The standard InChI is InChI=1S/C14H20ClNO3S/c15-13-4-3-12(20-13)5-7-16-14(17)6-9-18-10-11-2-1-8-19-11/h3-4,11H,1-2,5-10H2,(H,16,17). The quantitative estimate of drug-likeness (QED) is 0.750. The molecule has 0 bridgehead atoms. The van der Waals surface area contributed by atoms with E-state index in [4.69, 9.17) is 21.1 Å². The van der Waals surface area contributed by atoms with Crippen LogP contribution in [0.4, 0.5) is 0 Å². The van der Waals surface area contributed by atoms with Crippen molar-refractivity contribution >= 4 is 28.8 Å². The molecule has 112 valence electrons. The highest BCUT2D eigenvalue weighted by atomic mass is 35.5. The smallest absolute Gasteiger partial charge is 0.222 e. The number of carbonyl (C=O) groups is 1. The number of amides is 1. The molecule has 0 aliphatic carbocycles. The van der Waals surface area contributed by atoms with Gasteiger partial charge < -0.3 is 14.8 Å². The van der Waals surface area contributed by atoms with Gasteiger partial charge in [-0.05, 0) is 31.4 Å². The number of ether oxygens (including phenoxy) is 2. The highest BCUT2D eigenvalue weighted by Crippen LogP contribution is 2.21. The van der Waals surface area contributed by atoms with Crippen molar-refractivity contribution in [3.8, 4) is 0 Å². The molecular weight excluding hydrogens is 298 g/mol. The number of nitrogens with one attached hydrogen (secondary N) is 1. The Bertz CT molecular complexity index is 418. The van der Waals surface area contributed by atoms with Gasteiger partial charge in [0.2, 0.25) is 5.91 Å². The molecule has 1 N–H and O–H groups in total. The first kappa shape index (κ1) is 15.8. The van der Waals surface area contributed by atoms with Gasteiger partial charge in [-0.3, -0.25) is 4.79 Å². The Morgan fingerprint density at radius 3 is 3.15 bits per heavy atom. The molecule has 1 unspecified atom stereocenters. The zero-order valence-electron chi connectivity index (χ0n) is 11.4. The van der Waals surface area contributed by atoms with Crippen molar-refractivity contribution in [1.29, 1.82) is 0 Å². The predicted molar refractivity (Wildman–Crippen MR) is 80.5 cm³/mol. The van der Waals surface area contributed by atoms with Crippen LogP contribution < -0.4 is 5.32 Å². The van der Waals surface area contributed by atoms with Gasteiger partial charge in [-0.25, -0.2) is 0 Å². The molecule has 0 radical (unpaired) electrons. The average Bonchev–Trinajstić information content (AvgIpc) is 3.06. The lowest BCUT2D eigenvalue weighted by Gasteiger charge is -2.10. The van der Waals surface area contributed by atoms with E-state index >= 15 is 0 Å². The van der Waals surface area contributed by atoms with Crippen LogP contribution in [-0.2, 0) is 20.7 Å². The van der Waals surface area contributed by atoms with Gasteiger partial charge in [0.15, 0.2) is 0 Å². The third-order valence-corrected chi connectivity index (χ3v) is 4.41. The van der Waals surface area contributed by atoms with Crippen LogP contribution in [0.2, 0.25) is 4.34 Å². The first-order chi connectivity index (χ1) is 9.74. The lowest BCUT2D eigenvalue weighted by atomic mass is 10.2. The van der Waals surface area contributed by atoms with Gasteiger partial charge in [-0.1, -0.05) is 11.6 Å². The van der Waals surface area contributed by atoms with Gasteiger partial charge in [-0.2, -0.15) is 0 Å². The van der Waals surface area contributed by atoms with E-state index in [1.54, 1.807) is 11.3 Å². The minimum absolute atomic E-state index is 0.0278. The molecule has 1 aromatic rings. The molecule has 20 heavy (non-hydrogen) atoms. The molecule has 1 amide bonds. The molecule has 1 atom stereocenters. The number of carbonyl (C=O) groups excluding carboxylic acids is 1. The molecule has 2 heterocycles. The third kappa shape index (κ3) is 5.79. The molecule has 6 heteroatoms. The van der Waals surface area contributed by atoms with E-state index < -0.39 is 0 Å². The summed E-state index contributed by atoms with van der Waals surface area (Å²) in [4.78, 5) is 12.8. The van der Waals surface area contributed by atoms with Crippen LogP contribution in [0.5, 0.6) is 0 Å². The summed E-state index contributed by atoms with van der Waals surface area (Å²) in [5.74, 6) is 0.0278. The Kier molecular flexibility index (Phi) is 6.79. The number of hydrogen-bond donors (Lipinski definition) is 1. The van der Waals surface area contributed by atoms with Crippen molar-refractivity contribution in [1.82, 2.24) is 5.32 Å². The van der Waals surface area contributed by atoms with Gasteiger partial charge in [0.05, 0.1) is 23.7 Å². The van der Waals surface area contributed by atoms with E-state index in [0.717, 1.165) is 30.2 Å². The van der Waals surface area contributed by atoms with Crippen molar-refractivity contribution in [3.05, 3.63) is 21.3 Å². The molecule has 1 aromatic heterocycles. The van der Waals surface area contributed by atoms with E-state index in [-0.39, 0.29) is 12.0 Å². The van der Waals surface area contributed by atoms with E-state index in [9.17, 15) is 4.79 Å². The van der Waals surface area contributed by atoms with Crippen molar-refractivity contribution in [2.75, 3.05) is 26.4 Å². The average molecular weight is 318 g/mol. The highest BCUT2D eigenvalue weighted by molar-refractivity contribution is 7.16. The predicted octanol–water partition coefficient (Wildman–Crippen LogP) is 2.65. The largest absolute Gasteiger partial charge is 0.378 e. The fourth-order valence-electron chi connectivity index (χ4n) is 2.06. The zero-order valence-corrected chi connectivity index (χ0v) is 13.0. The Balaban J connectivity index is 1.47. The topological polar surface area (TPSA) is 47.6 Å². The van der Waals surface area contributed by atoms with E-state index in [2.05, 4.69) is 5.32 Å². The number of rotatable bonds is 8. The summed E-state index contributed by atoms with van der Waals surface area (Å²) in [6.45, 7) is 2.53. The first-order valence-electron chi connectivity index (χ1n) is 6.94. The summed E-state index contributed by atoms with van der Waals surface area (Å²) in [7, 11) is 0. The van der Waals surface area contributed by atoms with Gasteiger partial charge in [0.25, 0.3) is 0 Å². The molecule has 1 aliphatic rings. The summed E-state index contributed by atoms with van der Waals surface area (Å²) in [5.41, 5.74) is 0. The number of thiophene rings is 1. The van der Waals surface area contributed by atoms with E-state index in [0.29, 0.717) is 26.2 Å². The molecule has 0 aromatic carbocycles. The van der Waals surface area contributed by atoms with E-state index in [1.165, 1.54) is 4.88 Å². The highest BCUT2D eigenvalue weighted by Gasteiger charge is 2.15. The van der Waals surface area contributed by atoms with Crippen LogP contribution in [0.3, 0.4) is 0 Å². The monoisotopic (exact) mass is 317 g/mol. The minimum atomic E-state index is 0.0278. The first-order valence-corrected chi connectivity index (χ1v) is 8.14. The fourth-order valence-corrected chi connectivity index (χ4v) is 3.14. The van der Waals surface area contributed by atoms with Crippen LogP contribution in [0, 0.1) is 0 Å². The lowest BCUT2D eigenvalue weighted by molar-refractivity contribution is -0.122. The summed E-state index contributed by atoms with van der Waals surface area (Å²) in [6.07, 6.45) is 3.62. The second kappa shape index (κ2) is 8.62. The van der Waals surface area contributed by atoms with Crippen molar-refractivity contribution < 1.29 is 14.3 Å². The van der Waals surface area contributed by atoms with Crippen LogP contribution in [0.15, 0.2) is 12.1 Å². The second-order valence-electron chi connectivity index (χ2n) is 4.77. The molecule has 0 spiro atoms. The van der Waals surface area contributed by atoms with Crippen LogP contribution in [0.25, 0.3) is 0 Å². The third-order valence-electron chi connectivity index (χ3n) is 3.12. The molecule has 4 nitrogen and oxygen atoms in total. The van der Waals surface area contributed by atoms with Gasteiger partial charge in [-0.15, -0.1) is 11.3 Å². The maximum atomic E-state index is 11.6. The summed E-state index contributed by atoms with van der Waals surface area (Å²) < 4.78 is 11.7. The summed E-state index contributed by atoms with van der Waals surface area (Å²) >= 11 is 7.40. The molecule has 1 saturated heterocycles. The Morgan fingerprint density at radius 2 is 2.45 bits per heavy atom. The van der Waals surface area contributed by atoms with Crippen LogP contribution in [0.1, 0.15) is 24.1 Å². The van der Waals surface area contributed by atoms with Crippen molar-refractivity contribution in [3.63, 3.8) is 0 Å². The number of halogens is 1. The summed E-state index contributed by atoms with van der Waals surface area (Å²) in [5, 5.41) is 2.88. The van der Waals surface area contributed by atoms with Gasteiger partial charge >= 0.3 is 0 Å². The van der Waals surface area contributed by atoms with Gasteiger partial charge in [0, 0.05) is 24.4 Å². The normalized spacial score (nSPS) is 18.4. The molecule has 1 aliphatic heterocycles. The Hall–Kier alpha value is -0.620. The maximum absolute atomic E-state index is 11.6. The zero-order chi connectivity index (χ0) is 14.2. The fraction of sp³-hybridized carbons (Fsp3) is 0.643. The minimum Gasteiger partial charge on any atom is -0.378 e. The number of hydrogen-bond acceptors (Lipinski definition) is 4. The van der Waals surface area contributed by atoms with Crippen molar-refractivity contribution in [2.45, 2.75) is 31.8 Å². The molecule has 1 fully saturated rings. The molecular formula is C14H20ClNO3S. The van der Waals surface area contributed by atoms with Crippen molar-refractivity contribution in [2.24, 2.45) is 0 Å². The SMILES string of the molecule is O=C(CCOCC1CCCO1)NCCc1ccc(Cl)s1.